The van der Waals surface area contributed by atoms with Crippen LogP contribution in [-0.4, -0.2) is 35.0 Å². The molecule has 9 heteroatoms. The van der Waals surface area contributed by atoms with Crippen LogP contribution in [0.25, 0.3) is 0 Å². The van der Waals surface area contributed by atoms with Gasteiger partial charge in [-0.05, 0) is 0 Å². The molecule has 90 valence electrons. The number of carbonyl (C=O) groups excluding carboxylic acids is 1. The van der Waals surface area contributed by atoms with Crippen LogP contribution >= 0.6 is 0 Å². The molecule has 0 spiro atoms. The Morgan fingerprint density at radius 1 is 1.62 bits per heavy atom. The smallest absolute Gasteiger partial charge is 0.324 e. The molecule has 0 aliphatic rings. The maximum Gasteiger partial charge on any atom is 0.324 e. The van der Waals surface area contributed by atoms with Crippen molar-refractivity contribution in [2.75, 3.05) is 12.3 Å². The van der Waals surface area contributed by atoms with Crippen LogP contribution in [0.5, 0.6) is 0 Å². The molecule has 4 N–H and O–H groups in total. The minimum Gasteiger partial charge on any atom is -0.382 e. The van der Waals surface area contributed by atoms with E-state index in [0.717, 1.165) is 6.07 Å². The van der Waals surface area contributed by atoms with Crippen LogP contribution in [0.15, 0.2) is 6.07 Å². The number of alkyl halides is 4. The Bertz CT molecular complexity index is 378. The Morgan fingerprint density at radius 3 is 2.69 bits per heavy atom. The summed E-state index contributed by atoms with van der Waals surface area (Å²) in [5, 5.41) is 7.16. The summed E-state index contributed by atoms with van der Waals surface area (Å²) in [5.74, 6) is -5.25. The van der Waals surface area contributed by atoms with Gasteiger partial charge in [0.1, 0.15) is 11.5 Å². The van der Waals surface area contributed by atoms with E-state index in [-0.39, 0.29) is 11.5 Å². The van der Waals surface area contributed by atoms with Gasteiger partial charge in [0.2, 0.25) is 0 Å². The highest BCUT2D eigenvalue weighted by atomic mass is 19.3. The van der Waals surface area contributed by atoms with Gasteiger partial charge in [-0.1, -0.05) is 0 Å². The van der Waals surface area contributed by atoms with Gasteiger partial charge in [0.05, 0.1) is 6.54 Å². The highest BCUT2D eigenvalue weighted by Crippen LogP contribution is 2.21. The van der Waals surface area contributed by atoms with Gasteiger partial charge in [0, 0.05) is 6.07 Å². The van der Waals surface area contributed by atoms with E-state index in [9.17, 15) is 22.4 Å². The van der Waals surface area contributed by atoms with Gasteiger partial charge in [-0.3, -0.25) is 9.89 Å². The molecule has 0 aliphatic carbocycles. The van der Waals surface area contributed by atoms with Crippen LogP contribution in [0.3, 0.4) is 0 Å². The summed E-state index contributed by atoms with van der Waals surface area (Å²) in [6.07, 6.45) is -3.83. The number of halogens is 4. The van der Waals surface area contributed by atoms with Crippen molar-refractivity contribution >= 4 is 11.7 Å². The molecule has 1 rings (SSSR count). The van der Waals surface area contributed by atoms with E-state index >= 15 is 0 Å². The van der Waals surface area contributed by atoms with E-state index in [0.29, 0.717) is 0 Å². The van der Waals surface area contributed by atoms with Gasteiger partial charge in [-0.15, -0.1) is 0 Å². The molecular weight excluding hydrogens is 232 g/mol. The van der Waals surface area contributed by atoms with E-state index in [4.69, 9.17) is 5.73 Å². The first-order valence-electron chi connectivity index (χ1n) is 4.08. The Morgan fingerprint density at radius 2 is 2.25 bits per heavy atom. The fourth-order valence-corrected chi connectivity index (χ4v) is 0.824. The zero-order chi connectivity index (χ0) is 12.3. The minimum atomic E-state index is -4.26. The lowest BCUT2D eigenvalue weighted by Gasteiger charge is -2.15. The number of rotatable bonds is 4. The molecule has 5 nitrogen and oxygen atoms in total. The van der Waals surface area contributed by atoms with Crippen molar-refractivity contribution in [3.8, 4) is 0 Å². The molecule has 0 atom stereocenters. The molecule has 1 amide bonds. The zero-order valence-electron chi connectivity index (χ0n) is 7.81. The van der Waals surface area contributed by atoms with Crippen molar-refractivity contribution in [1.82, 2.24) is 15.5 Å². The standard InChI is InChI=1S/C7H8F4N4O/c8-6(9)7(10,11)2-13-5(16)3-1-4(12)15-14-3/h1,6H,2H2,(H,13,16)(H3,12,14,15). The maximum absolute atomic E-state index is 12.4. The Labute approximate surface area is 87.0 Å². The van der Waals surface area contributed by atoms with Crippen LogP contribution < -0.4 is 11.1 Å². The number of aromatic nitrogens is 2. The predicted octanol–water partition coefficient (Wildman–Crippen LogP) is 0.622. The number of amides is 1. The predicted molar refractivity (Wildman–Crippen MR) is 46.3 cm³/mol. The maximum atomic E-state index is 12.4. The van der Waals surface area contributed by atoms with Crippen molar-refractivity contribution in [1.29, 1.82) is 0 Å². The third-order valence-electron chi connectivity index (χ3n) is 1.65. The number of aromatic amines is 1. The quantitative estimate of drug-likeness (QED) is 0.674. The summed E-state index contributed by atoms with van der Waals surface area (Å²) < 4.78 is 48.3. The fourth-order valence-electron chi connectivity index (χ4n) is 0.824. The van der Waals surface area contributed by atoms with Crippen LogP contribution in [0, 0.1) is 0 Å². The van der Waals surface area contributed by atoms with Crippen molar-refractivity contribution in [2.45, 2.75) is 12.3 Å². The van der Waals surface area contributed by atoms with Crippen LogP contribution in [0.1, 0.15) is 10.5 Å². The lowest BCUT2D eigenvalue weighted by Crippen LogP contribution is -2.41. The zero-order valence-corrected chi connectivity index (χ0v) is 7.81. The molecule has 0 fully saturated rings. The first-order chi connectivity index (χ1) is 7.33. The van der Waals surface area contributed by atoms with Gasteiger partial charge in [0.15, 0.2) is 0 Å². The Balaban J connectivity index is 2.54. The van der Waals surface area contributed by atoms with Gasteiger partial charge in [-0.25, -0.2) is 8.78 Å². The number of carbonyl (C=O) groups is 1. The SMILES string of the molecule is Nc1cc(C(=O)NCC(F)(F)C(F)F)[nH]n1. The minimum absolute atomic E-state index is 0.00855. The summed E-state index contributed by atoms with van der Waals surface area (Å²) in [6.45, 7) is -1.46. The molecule has 0 bridgehead atoms. The molecule has 0 saturated carbocycles. The van der Waals surface area contributed by atoms with Crippen molar-refractivity contribution in [2.24, 2.45) is 0 Å². The van der Waals surface area contributed by atoms with Crippen LogP contribution in [-0.2, 0) is 0 Å². The molecule has 1 heterocycles. The molecular formula is C7H8F4N4O. The van der Waals surface area contributed by atoms with Crippen molar-refractivity contribution < 1.29 is 22.4 Å². The summed E-state index contributed by atoms with van der Waals surface area (Å²) >= 11 is 0. The molecule has 0 unspecified atom stereocenters. The van der Waals surface area contributed by atoms with Crippen LogP contribution in [0.4, 0.5) is 23.4 Å². The first-order valence-corrected chi connectivity index (χ1v) is 4.08. The number of anilines is 1. The van der Waals surface area contributed by atoms with Gasteiger partial charge in [-0.2, -0.15) is 13.9 Å². The lowest BCUT2D eigenvalue weighted by atomic mass is 10.3. The third kappa shape index (κ3) is 2.84. The summed E-state index contributed by atoms with van der Waals surface area (Å²) in [7, 11) is 0. The van der Waals surface area contributed by atoms with E-state index < -0.39 is 24.8 Å². The topological polar surface area (TPSA) is 83.8 Å². The van der Waals surface area contributed by atoms with E-state index in [1.807, 2.05) is 0 Å². The second kappa shape index (κ2) is 4.37. The number of nitrogens with two attached hydrogens (primary N) is 1. The number of H-pyrrole nitrogens is 1. The number of nitrogen functional groups attached to an aromatic ring is 1. The van der Waals surface area contributed by atoms with Crippen molar-refractivity contribution in [3.63, 3.8) is 0 Å². The second-order valence-electron chi connectivity index (χ2n) is 2.95. The summed E-state index contributed by atoms with van der Waals surface area (Å²) in [5.41, 5.74) is 4.98. The van der Waals surface area contributed by atoms with Crippen molar-refractivity contribution in [3.05, 3.63) is 11.8 Å². The number of hydrogen-bond acceptors (Lipinski definition) is 3. The molecule has 0 radical (unpaired) electrons. The highest BCUT2D eigenvalue weighted by Gasteiger charge is 2.40. The second-order valence-corrected chi connectivity index (χ2v) is 2.95. The fraction of sp³-hybridized carbons (Fsp3) is 0.429. The number of nitrogens with zero attached hydrogens (tertiary/aromatic N) is 1. The summed E-state index contributed by atoms with van der Waals surface area (Å²) in [4.78, 5) is 11.1. The molecule has 0 saturated heterocycles. The average molecular weight is 240 g/mol. The largest absolute Gasteiger partial charge is 0.382 e. The monoisotopic (exact) mass is 240 g/mol. The van der Waals surface area contributed by atoms with Gasteiger partial charge in [0.25, 0.3) is 5.91 Å². The normalized spacial score (nSPS) is 11.8. The average Bonchev–Trinajstić information content (AvgIpc) is 2.61. The molecule has 0 aromatic carbocycles. The number of hydrogen-bond donors (Lipinski definition) is 3. The third-order valence-corrected chi connectivity index (χ3v) is 1.65. The van der Waals surface area contributed by atoms with E-state index in [1.54, 1.807) is 5.32 Å². The van der Waals surface area contributed by atoms with E-state index in [1.165, 1.54) is 0 Å². The van der Waals surface area contributed by atoms with Crippen LogP contribution in [0.2, 0.25) is 0 Å². The Kier molecular flexibility index (Phi) is 3.35. The van der Waals surface area contributed by atoms with E-state index in [2.05, 4.69) is 10.2 Å². The summed E-state index contributed by atoms with van der Waals surface area (Å²) in [6, 6.07) is 1.09. The molecule has 1 aromatic rings. The number of nitrogens with one attached hydrogen (secondary N) is 2. The molecule has 0 aliphatic heterocycles. The van der Waals surface area contributed by atoms with Gasteiger partial charge < -0.3 is 11.1 Å². The van der Waals surface area contributed by atoms with Gasteiger partial charge >= 0.3 is 12.3 Å². The highest BCUT2D eigenvalue weighted by molar-refractivity contribution is 5.92. The first kappa shape index (κ1) is 12.3. The molecule has 1 aromatic heterocycles. The molecule has 16 heavy (non-hydrogen) atoms. The lowest BCUT2D eigenvalue weighted by molar-refractivity contribution is -0.123. The Hall–Kier alpha value is -1.80.